The molecule has 0 unspecified atom stereocenters. The smallest absolute Gasteiger partial charge is 0.226 e. The summed E-state index contributed by atoms with van der Waals surface area (Å²) in [5.74, 6) is 1.65. The molecule has 0 atom stereocenters. The number of carbonyl (C=O) groups is 1. The normalized spacial score (nSPS) is 10.5. The Balaban J connectivity index is 1.45. The van der Waals surface area contributed by atoms with Crippen molar-refractivity contribution in [3.63, 3.8) is 0 Å². The Morgan fingerprint density at radius 3 is 2.64 bits per heavy atom. The first-order valence-electron chi connectivity index (χ1n) is 9.32. The molecule has 0 fully saturated rings. The minimum Gasteiger partial charge on any atom is -0.494 e. The van der Waals surface area contributed by atoms with E-state index < -0.39 is 0 Å². The number of aryl methyl sites for hydroxylation is 1. The Kier molecular flexibility index (Phi) is 7.03. The summed E-state index contributed by atoms with van der Waals surface area (Å²) < 4.78 is 11.2. The number of nitrogens with one attached hydrogen (secondary N) is 1. The third-order valence-corrected chi connectivity index (χ3v) is 4.87. The van der Waals surface area contributed by atoms with Crippen LogP contribution in [0, 0.1) is 6.92 Å². The minimum atomic E-state index is -0.0547. The number of thiazole rings is 1. The first kappa shape index (κ1) is 19.9. The lowest BCUT2D eigenvalue weighted by molar-refractivity contribution is -0.116. The molecule has 0 saturated heterocycles. The summed E-state index contributed by atoms with van der Waals surface area (Å²) in [6.07, 6.45) is 1.04. The number of para-hydroxylation sites is 1. The minimum absolute atomic E-state index is 0.0547. The number of ether oxygens (including phenoxy) is 2. The molecule has 1 heterocycles. The van der Waals surface area contributed by atoms with Gasteiger partial charge < -0.3 is 14.8 Å². The third kappa shape index (κ3) is 5.57. The molecule has 5 nitrogen and oxygen atoms in total. The SMILES string of the molecule is CCOc1ccc(-c2csc(NC(=O)CCCOc3ccccc3C)n2)cc1. The summed E-state index contributed by atoms with van der Waals surface area (Å²) in [5, 5.41) is 5.40. The van der Waals surface area contributed by atoms with Crippen molar-refractivity contribution in [3.05, 3.63) is 59.5 Å². The van der Waals surface area contributed by atoms with E-state index in [1.165, 1.54) is 11.3 Å². The molecule has 0 saturated carbocycles. The van der Waals surface area contributed by atoms with Gasteiger partial charge in [-0.2, -0.15) is 0 Å². The lowest BCUT2D eigenvalue weighted by Crippen LogP contribution is -2.12. The van der Waals surface area contributed by atoms with Crippen LogP contribution in [0.3, 0.4) is 0 Å². The standard InChI is InChI=1S/C22H24N2O3S/c1-3-26-18-12-10-17(11-13-18)19-15-28-22(23-19)24-21(25)9-6-14-27-20-8-5-4-7-16(20)2/h4-5,7-8,10-13,15H,3,6,9,14H2,1-2H3,(H,23,24,25). The predicted octanol–water partition coefficient (Wildman–Crippen LogP) is 5.31. The average molecular weight is 397 g/mol. The summed E-state index contributed by atoms with van der Waals surface area (Å²) >= 11 is 1.42. The maximum atomic E-state index is 12.1. The highest BCUT2D eigenvalue weighted by Crippen LogP contribution is 2.26. The van der Waals surface area contributed by atoms with E-state index in [2.05, 4.69) is 10.3 Å². The molecule has 146 valence electrons. The van der Waals surface area contributed by atoms with Gasteiger partial charge in [0.05, 0.1) is 18.9 Å². The zero-order valence-electron chi connectivity index (χ0n) is 16.1. The van der Waals surface area contributed by atoms with E-state index in [1.807, 2.05) is 67.8 Å². The number of carbonyl (C=O) groups excluding carboxylic acids is 1. The van der Waals surface area contributed by atoms with Crippen LogP contribution >= 0.6 is 11.3 Å². The highest BCUT2D eigenvalue weighted by molar-refractivity contribution is 7.14. The molecule has 28 heavy (non-hydrogen) atoms. The summed E-state index contributed by atoms with van der Waals surface area (Å²) in [7, 11) is 0. The van der Waals surface area contributed by atoms with Crippen LogP contribution in [-0.4, -0.2) is 24.1 Å². The highest BCUT2D eigenvalue weighted by atomic mass is 32.1. The Morgan fingerprint density at radius 1 is 1.11 bits per heavy atom. The predicted molar refractivity (Wildman–Crippen MR) is 113 cm³/mol. The fraction of sp³-hybridized carbons (Fsp3) is 0.273. The molecule has 0 spiro atoms. The van der Waals surface area contributed by atoms with E-state index in [4.69, 9.17) is 9.47 Å². The molecule has 3 aromatic rings. The van der Waals surface area contributed by atoms with Gasteiger partial charge in [-0.15, -0.1) is 11.3 Å². The quantitative estimate of drug-likeness (QED) is 0.498. The molecule has 6 heteroatoms. The van der Waals surface area contributed by atoms with Crippen molar-refractivity contribution in [2.45, 2.75) is 26.7 Å². The fourth-order valence-electron chi connectivity index (χ4n) is 2.67. The zero-order chi connectivity index (χ0) is 19.8. The summed E-state index contributed by atoms with van der Waals surface area (Å²) in [6, 6.07) is 15.6. The van der Waals surface area contributed by atoms with Crippen LogP contribution in [0.25, 0.3) is 11.3 Å². The van der Waals surface area contributed by atoms with Crippen LogP contribution in [0.15, 0.2) is 53.9 Å². The molecule has 0 aliphatic carbocycles. The molecular weight excluding hydrogens is 372 g/mol. The van der Waals surface area contributed by atoms with E-state index in [0.717, 1.165) is 28.3 Å². The number of nitrogens with zero attached hydrogens (tertiary/aromatic N) is 1. The van der Waals surface area contributed by atoms with Gasteiger partial charge in [0.1, 0.15) is 11.5 Å². The summed E-state index contributed by atoms with van der Waals surface area (Å²) in [5.41, 5.74) is 2.93. The van der Waals surface area contributed by atoms with Crippen LogP contribution in [-0.2, 0) is 4.79 Å². The number of hydrogen-bond donors (Lipinski definition) is 1. The van der Waals surface area contributed by atoms with Crippen molar-refractivity contribution in [1.82, 2.24) is 4.98 Å². The van der Waals surface area contributed by atoms with E-state index >= 15 is 0 Å². The molecule has 0 aliphatic heterocycles. The van der Waals surface area contributed by atoms with Crippen molar-refractivity contribution in [3.8, 4) is 22.8 Å². The molecule has 0 bridgehead atoms. The van der Waals surface area contributed by atoms with Crippen LogP contribution in [0.4, 0.5) is 5.13 Å². The molecule has 2 aromatic carbocycles. The third-order valence-electron chi connectivity index (χ3n) is 4.11. The molecule has 1 N–H and O–H groups in total. The number of hydrogen-bond acceptors (Lipinski definition) is 5. The monoisotopic (exact) mass is 396 g/mol. The van der Waals surface area contributed by atoms with Crippen LogP contribution in [0.5, 0.6) is 11.5 Å². The van der Waals surface area contributed by atoms with Gasteiger partial charge in [-0.1, -0.05) is 18.2 Å². The topological polar surface area (TPSA) is 60.5 Å². The second-order valence-electron chi connectivity index (χ2n) is 6.26. The Hall–Kier alpha value is -2.86. The number of rotatable bonds is 9. The van der Waals surface area contributed by atoms with Crippen molar-refractivity contribution >= 4 is 22.4 Å². The average Bonchev–Trinajstić information content (AvgIpc) is 3.16. The van der Waals surface area contributed by atoms with Crippen LogP contribution in [0.1, 0.15) is 25.3 Å². The second-order valence-corrected chi connectivity index (χ2v) is 7.12. The maximum Gasteiger partial charge on any atom is 0.226 e. The number of amides is 1. The zero-order valence-corrected chi connectivity index (χ0v) is 16.9. The van der Waals surface area contributed by atoms with Gasteiger partial charge in [-0.05, 0) is 56.2 Å². The van der Waals surface area contributed by atoms with Crippen LogP contribution in [0.2, 0.25) is 0 Å². The number of aromatic nitrogens is 1. The molecule has 1 aromatic heterocycles. The van der Waals surface area contributed by atoms with Gasteiger partial charge in [0.15, 0.2) is 5.13 Å². The van der Waals surface area contributed by atoms with E-state index in [0.29, 0.717) is 31.2 Å². The van der Waals surface area contributed by atoms with Gasteiger partial charge in [-0.3, -0.25) is 4.79 Å². The molecular formula is C22H24N2O3S. The van der Waals surface area contributed by atoms with Crippen molar-refractivity contribution in [2.24, 2.45) is 0 Å². The molecule has 1 amide bonds. The van der Waals surface area contributed by atoms with Gasteiger partial charge in [0.25, 0.3) is 0 Å². The Labute approximate surface area is 169 Å². The van der Waals surface area contributed by atoms with E-state index in [-0.39, 0.29) is 5.91 Å². The van der Waals surface area contributed by atoms with E-state index in [9.17, 15) is 4.79 Å². The first-order valence-corrected chi connectivity index (χ1v) is 10.2. The molecule has 0 radical (unpaired) electrons. The van der Waals surface area contributed by atoms with Crippen molar-refractivity contribution < 1.29 is 14.3 Å². The van der Waals surface area contributed by atoms with Crippen LogP contribution < -0.4 is 14.8 Å². The van der Waals surface area contributed by atoms with Gasteiger partial charge >= 0.3 is 0 Å². The maximum absolute atomic E-state index is 12.1. The summed E-state index contributed by atoms with van der Waals surface area (Å²) in [4.78, 5) is 16.6. The molecule has 3 rings (SSSR count). The first-order chi connectivity index (χ1) is 13.7. The number of benzene rings is 2. The second kappa shape index (κ2) is 9.90. The number of anilines is 1. The summed E-state index contributed by atoms with van der Waals surface area (Å²) in [6.45, 7) is 5.11. The van der Waals surface area contributed by atoms with Crippen molar-refractivity contribution in [2.75, 3.05) is 18.5 Å². The van der Waals surface area contributed by atoms with Gasteiger partial charge in [0.2, 0.25) is 5.91 Å². The van der Waals surface area contributed by atoms with Crippen molar-refractivity contribution in [1.29, 1.82) is 0 Å². The van der Waals surface area contributed by atoms with Gasteiger partial charge in [0, 0.05) is 17.4 Å². The largest absolute Gasteiger partial charge is 0.494 e. The molecule has 0 aliphatic rings. The highest BCUT2D eigenvalue weighted by Gasteiger charge is 2.09. The lowest BCUT2D eigenvalue weighted by Gasteiger charge is -2.08. The fourth-order valence-corrected chi connectivity index (χ4v) is 3.40. The Bertz CT molecular complexity index is 906. The van der Waals surface area contributed by atoms with E-state index in [1.54, 1.807) is 0 Å². The van der Waals surface area contributed by atoms with Gasteiger partial charge in [-0.25, -0.2) is 4.98 Å². The Morgan fingerprint density at radius 2 is 1.89 bits per heavy atom. The lowest BCUT2D eigenvalue weighted by atomic mass is 10.2.